The Morgan fingerprint density at radius 2 is 1.94 bits per heavy atom. The Balaban J connectivity index is 2.18. The third kappa shape index (κ3) is 1.80. The summed E-state index contributed by atoms with van der Waals surface area (Å²) in [5.74, 6) is 0. The van der Waals surface area contributed by atoms with E-state index in [1.165, 1.54) is 6.33 Å². The first-order valence-electron chi connectivity index (χ1n) is 5.25. The summed E-state index contributed by atoms with van der Waals surface area (Å²) in [6.07, 6.45) is 3.22. The summed E-state index contributed by atoms with van der Waals surface area (Å²) >= 11 is 0. The molecular weight excluding hydrogens is 212 g/mol. The first-order chi connectivity index (χ1) is 8.33. The van der Waals surface area contributed by atoms with E-state index in [1.54, 1.807) is 6.20 Å². The fourth-order valence-corrected chi connectivity index (χ4v) is 1.73. The average Bonchev–Trinajstić information content (AvgIpc) is 2.38. The molecule has 82 valence electrons. The van der Waals surface area contributed by atoms with Gasteiger partial charge in [0.25, 0.3) is 0 Å². The third-order valence-corrected chi connectivity index (χ3v) is 2.55. The van der Waals surface area contributed by atoms with Crippen molar-refractivity contribution in [2.75, 3.05) is 5.73 Å². The molecule has 2 aromatic heterocycles. The van der Waals surface area contributed by atoms with Crippen molar-refractivity contribution in [1.29, 1.82) is 0 Å². The van der Waals surface area contributed by atoms with Crippen molar-refractivity contribution in [3.8, 4) is 11.3 Å². The topological polar surface area (TPSA) is 64.7 Å². The molecule has 0 radical (unpaired) electrons. The minimum atomic E-state index is 0.730. The van der Waals surface area contributed by atoms with Crippen LogP contribution in [0.25, 0.3) is 22.3 Å². The summed E-state index contributed by atoms with van der Waals surface area (Å²) in [4.78, 5) is 12.6. The quantitative estimate of drug-likeness (QED) is 0.641. The van der Waals surface area contributed by atoms with Crippen molar-refractivity contribution in [3.63, 3.8) is 0 Å². The van der Waals surface area contributed by atoms with Crippen LogP contribution in [-0.2, 0) is 0 Å². The second kappa shape index (κ2) is 3.83. The first kappa shape index (κ1) is 9.72. The SMILES string of the molecule is Nc1cccc(-c2ccc3ncncc3n2)c1. The molecular formula is C13H10N4. The van der Waals surface area contributed by atoms with Gasteiger partial charge in [0.2, 0.25) is 0 Å². The number of benzene rings is 1. The van der Waals surface area contributed by atoms with Crippen LogP contribution in [0.5, 0.6) is 0 Å². The van der Waals surface area contributed by atoms with Crippen molar-refractivity contribution in [2.45, 2.75) is 0 Å². The minimum Gasteiger partial charge on any atom is -0.399 e. The molecule has 0 spiro atoms. The van der Waals surface area contributed by atoms with Crippen LogP contribution in [0.3, 0.4) is 0 Å². The molecule has 0 atom stereocenters. The number of nitrogens with zero attached hydrogens (tertiary/aromatic N) is 3. The monoisotopic (exact) mass is 222 g/mol. The predicted molar refractivity (Wildman–Crippen MR) is 67.2 cm³/mol. The number of nitrogens with two attached hydrogens (primary N) is 1. The van der Waals surface area contributed by atoms with Crippen LogP contribution in [-0.4, -0.2) is 15.0 Å². The highest BCUT2D eigenvalue weighted by atomic mass is 14.9. The van der Waals surface area contributed by atoms with Gasteiger partial charge in [-0.05, 0) is 24.3 Å². The molecule has 3 aromatic rings. The summed E-state index contributed by atoms with van der Waals surface area (Å²) in [6, 6.07) is 11.5. The Hall–Kier alpha value is -2.49. The van der Waals surface area contributed by atoms with E-state index in [-0.39, 0.29) is 0 Å². The van der Waals surface area contributed by atoms with Crippen LogP contribution < -0.4 is 5.73 Å². The van der Waals surface area contributed by atoms with Gasteiger partial charge in [0, 0.05) is 11.3 Å². The fourth-order valence-electron chi connectivity index (χ4n) is 1.73. The summed E-state index contributed by atoms with van der Waals surface area (Å²) in [5.41, 5.74) is 9.98. The molecule has 3 rings (SSSR count). The maximum atomic E-state index is 5.76. The molecule has 0 fully saturated rings. The number of fused-ring (bicyclic) bond motifs is 1. The van der Waals surface area contributed by atoms with E-state index in [1.807, 2.05) is 36.4 Å². The zero-order chi connectivity index (χ0) is 11.7. The highest BCUT2D eigenvalue weighted by Crippen LogP contribution is 2.21. The Morgan fingerprint density at radius 3 is 2.82 bits per heavy atom. The first-order valence-corrected chi connectivity index (χ1v) is 5.25. The number of aromatic nitrogens is 3. The fraction of sp³-hybridized carbons (Fsp3) is 0. The molecule has 1 aromatic carbocycles. The summed E-state index contributed by atoms with van der Waals surface area (Å²) in [6.45, 7) is 0. The Kier molecular flexibility index (Phi) is 2.19. The molecule has 4 nitrogen and oxygen atoms in total. The standard InChI is InChI=1S/C13H10N4/c14-10-3-1-2-9(6-10)11-4-5-12-13(17-11)7-15-8-16-12/h1-8H,14H2. The smallest absolute Gasteiger partial charge is 0.116 e. The summed E-state index contributed by atoms with van der Waals surface area (Å²) in [5, 5.41) is 0. The van der Waals surface area contributed by atoms with Crippen LogP contribution in [0.1, 0.15) is 0 Å². The van der Waals surface area contributed by atoms with E-state index >= 15 is 0 Å². The zero-order valence-corrected chi connectivity index (χ0v) is 9.04. The van der Waals surface area contributed by atoms with Gasteiger partial charge in [0.05, 0.1) is 17.4 Å². The molecule has 0 aliphatic heterocycles. The van der Waals surface area contributed by atoms with Gasteiger partial charge in [-0.3, -0.25) is 0 Å². The number of hydrogen-bond donors (Lipinski definition) is 1. The normalized spacial score (nSPS) is 10.6. The van der Waals surface area contributed by atoms with Crippen LogP contribution in [0.2, 0.25) is 0 Å². The largest absolute Gasteiger partial charge is 0.399 e. The maximum Gasteiger partial charge on any atom is 0.116 e. The lowest BCUT2D eigenvalue weighted by atomic mass is 10.1. The number of pyridine rings is 1. The van der Waals surface area contributed by atoms with Gasteiger partial charge in [-0.2, -0.15) is 0 Å². The third-order valence-electron chi connectivity index (χ3n) is 2.55. The van der Waals surface area contributed by atoms with Crippen molar-refractivity contribution < 1.29 is 0 Å². The summed E-state index contributed by atoms with van der Waals surface area (Å²) < 4.78 is 0. The van der Waals surface area contributed by atoms with Gasteiger partial charge in [-0.1, -0.05) is 12.1 Å². The van der Waals surface area contributed by atoms with E-state index in [2.05, 4.69) is 15.0 Å². The van der Waals surface area contributed by atoms with E-state index in [0.29, 0.717) is 0 Å². The molecule has 0 saturated heterocycles. The zero-order valence-electron chi connectivity index (χ0n) is 9.04. The molecule has 0 bridgehead atoms. The van der Waals surface area contributed by atoms with Gasteiger partial charge >= 0.3 is 0 Å². The molecule has 0 aliphatic carbocycles. The Labute approximate surface area is 98.2 Å². The van der Waals surface area contributed by atoms with Crippen LogP contribution >= 0.6 is 0 Å². The van der Waals surface area contributed by atoms with Gasteiger partial charge in [0.15, 0.2) is 0 Å². The van der Waals surface area contributed by atoms with Gasteiger partial charge in [-0.15, -0.1) is 0 Å². The maximum absolute atomic E-state index is 5.76. The number of rotatable bonds is 1. The van der Waals surface area contributed by atoms with Crippen molar-refractivity contribution in [1.82, 2.24) is 15.0 Å². The summed E-state index contributed by atoms with van der Waals surface area (Å²) in [7, 11) is 0. The lowest BCUT2D eigenvalue weighted by Gasteiger charge is -2.03. The second-order valence-electron chi connectivity index (χ2n) is 3.75. The lowest BCUT2D eigenvalue weighted by molar-refractivity contribution is 1.20. The van der Waals surface area contributed by atoms with Crippen molar-refractivity contribution >= 4 is 16.7 Å². The molecule has 17 heavy (non-hydrogen) atoms. The van der Waals surface area contributed by atoms with Gasteiger partial charge < -0.3 is 5.73 Å². The predicted octanol–water partition coefficient (Wildman–Crippen LogP) is 2.27. The minimum absolute atomic E-state index is 0.730. The van der Waals surface area contributed by atoms with E-state index < -0.39 is 0 Å². The van der Waals surface area contributed by atoms with Gasteiger partial charge in [0.1, 0.15) is 11.8 Å². The van der Waals surface area contributed by atoms with Crippen LogP contribution in [0, 0.1) is 0 Å². The lowest BCUT2D eigenvalue weighted by Crippen LogP contribution is -1.89. The molecule has 2 N–H and O–H groups in total. The second-order valence-corrected chi connectivity index (χ2v) is 3.75. The number of hydrogen-bond acceptors (Lipinski definition) is 4. The highest BCUT2D eigenvalue weighted by Gasteiger charge is 2.02. The molecule has 4 heteroatoms. The number of anilines is 1. The molecule has 0 amide bonds. The molecule has 0 aliphatic rings. The average molecular weight is 222 g/mol. The van der Waals surface area contributed by atoms with E-state index in [0.717, 1.165) is 28.0 Å². The molecule has 2 heterocycles. The van der Waals surface area contributed by atoms with Gasteiger partial charge in [-0.25, -0.2) is 15.0 Å². The highest BCUT2D eigenvalue weighted by molar-refractivity contribution is 5.77. The van der Waals surface area contributed by atoms with E-state index in [9.17, 15) is 0 Å². The Bertz CT molecular complexity index is 679. The molecule has 0 unspecified atom stereocenters. The van der Waals surface area contributed by atoms with Crippen LogP contribution in [0.15, 0.2) is 48.9 Å². The van der Waals surface area contributed by atoms with E-state index in [4.69, 9.17) is 5.73 Å². The van der Waals surface area contributed by atoms with Crippen molar-refractivity contribution in [3.05, 3.63) is 48.9 Å². The Morgan fingerprint density at radius 1 is 1.00 bits per heavy atom. The van der Waals surface area contributed by atoms with Crippen LogP contribution in [0.4, 0.5) is 5.69 Å². The molecule has 0 saturated carbocycles. The van der Waals surface area contributed by atoms with Crippen molar-refractivity contribution in [2.24, 2.45) is 0 Å². The number of nitrogen functional groups attached to an aromatic ring is 1.